The maximum absolute atomic E-state index is 11.4. The first-order valence-corrected chi connectivity index (χ1v) is 7.53. The van der Waals surface area contributed by atoms with E-state index in [0.717, 1.165) is 5.41 Å². The van der Waals surface area contributed by atoms with E-state index in [9.17, 15) is 9.90 Å². The standard InChI is InChI=1S/C15H27NO2/c1-3-15(4-2,13(17)18)11-16-12-5-7-14(8-6-12)9-10-14/h12,16H,3-11H2,1-2H3,(H,17,18). The van der Waals surface area contributed by atoms with Crippen LogP contribution in [0.4, 0.5) is 0 Å². The van der Waals surface area contributed by atoms with Crippen LogP contribution >= 0.6 is 0 Å². The van der Waals surface area contributed by atoms with Crippen LogP contribution in [0.25, 0.3) is 0 Å². The van der Waals surface area contributed by atoms with Crippen LogP contribution in [0.5, 0.6) is 0 Å². The van der Waals surface area contributed by atoms with E-state index in [4.69, 9.17) is 0 Å². The number of hydrogen-bond donors (Lipinski definition) is 2. The monoisotopic (exact) mass is 253 g/mol. The van der Waals surface area contributed by atoms with Crippen LogP contribution in [-0.2, 0) is 4.79 Å². The van der Waals surface area contributed by atoms with Crippen molar-refractivity contribution in [3.05, 3.63) is 0 Å². The zero-order valence-electron chi connectivity index (χ0n) is 11.8. The highest BCUT2D eigenvalue weighted by molar-refractivity contribution is 5.74. The summed E-state index contributed by atoms with van der Waals surface area (Å²) >= 11 is 0. The SMILES string of the molecule is CCC(CC)(CNC1CCC2(CC1)CC2)C(=O)O. The molecular weight excluding hydrogens is 226 g/mol. The lowest BCUT2D eigenvalue weighted by Gasteiger charge is -2.33. The molecule has 18 heavy (non-hydrogen) atoms. The Hall–Kier alpha value is -0.570. The second-order valence-corrected chi connectivity index (χ2v) is 6.45. The fraction of sp³-hybridized carbons (Fsp3) is 0.933. The molecule has 0 bridgehead atoms. The molecule has 2 saturated carbocycles. The van der Waals surface area contributed by atoms with Gasteiger partial charge in [-0.15, -0.1) is 0 Å². The van der Waals surface area contributed by atoms with Crippen LogP contribution in [0.3, 0.4) is 0 Å². The molecule has 0 amide bonds. The van der Waals surface area contributed by atoms with Gasteiger partial charge in [0.2, 0.25) is 0 Å². The van der Waals surface area contributed by atoms with Crippen molar-refractivity contribution in [3.63, 3.8) is 0 Å². The molecule has 0 saturated heterocycles. The highest BCUT2D eigenvalue weighted by Crippen LogP contribution is 2.56. The summed E-state index contributed by atoms with van der Waals surface area (Å²) in [6.45, 7) is 4.60. The van der Waals surface area contributed by atoms with E-state index < -0.39 is 11.4 Å². The summed E-state index contributed by atoms with van der Waals surface area (Å²) in [7, 11) is 0. The lowest BCUT2D eigenvalue weighted by molar-refractivity contribution is -0.149. The van der Waals surface area contributed by atoms with E-state index in [-0.39, 0.29) is 0 Å². The maximum Gasteiger partial charge on any atom is 0.310 e. The van der Waals surface area contributed by atoms with E-state index in [1.807, 2.05) is 13.8 Å². The average Bonchev–Trinajstić information content (AvgIpc) is 3.13. The van der Waals surface area contributed by atoms with Gasteiger partial charge in [-0.1, -0.05) is 13.8 Å². The molecule has 0 heterocycles. The second kappa shape index (κ2) is 5.20. The Labute approximate surface area is 110 Å². The molecule has 2 aliphatic rings. The average molecular weight is 253 g/mol. The van der Waals surface area contributed by atoms with Gasteiger partial charge < -0.3 is 10.4 Å². The molecule has 0 aromatic rings. The molecule has 0 unspecified atom stereocenters. The number of nitrogens with one attached hydrogen (secondary N) is 1. The van der Waals surface area contributed by atoms with Gasteiger partial charge in [0.1, 0.15) is 0 Å². The lowest BCUT2D eigenvalue weighted by atomic mass is 9.80. The van der Waals surface area contributed by atoms with E-state index >= 15 is 0 Å². The van der Waals surface area contributed by atoms with Gasteiger partial charge in [0.15, 0.2) is 0 Å². The van der Waals surface area contributed by atoms with Crippen molar-refractivity contribution in [2.45, 2.75) is 71.3 Å². The molecule has 0 radical (unpaired) electrons. The molecule has 0 aliphatic heterocycles. The van der Waals surface area contributed by atoms with Crippen LogP contribution in [0.1, 0.15) is 65.2 Å². The van der Waals surface area contributed by atoms with Gasteiger partial charge >= 0.3 is 5.97 Å². The third kappa shape index (κ3) is 2.71. The van der Waals surface area contributed by atoms with Crippen LogP contribution < -0.4 is 5.32 Å². The van der Waals surface area contributed by atoms with Crippen molar-refractivity contribution in [1.82, 2.24) is 5.32 Å². The van der Waals surface area contributed by atoms with Gasteiger partial charge in [-0.3, -0.25) is 4.79 Å². The predicted octanol–water partition coefficient (Wildman–Crippen LogP) is 3.19. The summed E-state index contributed by atoms with van der Waals surface area (Å²) in [5.41, 5.74) is 0.159. The van der Waals surface area contributed by atoms with Gasteiger partial charge in [0.25, 0.3) is 0 Å². The lowest BCUT2D eigenvalue weighted by Crippen LogP contribution is -2.45. The molecule has 104 valence electrons. The smallest absolute Gasteiger partial charge is 0.310 e. The van der Waals surface area contributed by atoms with E-state index in [1.54, 1.807) is 0 Å². The zero-order chi connectivity index (χ0) is 13.2. The van der Waals surface area contributed by atoms with Crippen LogP contribution in [-0.4, -0.2) is 23.7 Å². The molecule has 2 aliphatic carbocycles. The largest absolute Gasteiger partial charge is 0.481 e. The van der Waals surface area contributed by atoms with Crippen molar-refractivity contribution >= 4 is 5.97 Å². The summed E-state index contributed by atoms with van der Waals surface area (Å²) in [5, 5.41) is 12.9. The first kappa shape index (κ1) is 13.9. The van der Waals surface area contributed by atoms with Crippen LogP contribution in [0.2, 0.25) is 0 Å². The number of rotatable bonds is 6. The van der Waals surface area contributed by atoms with E-state index in [1.165, 1.54) is 38.5 Å². The zero-order valence-corrected chi connectivity index (χ0v) is 11.8. The fourth-order valence-electron chi connectivity index (χ4n) is 3.33. The predicted molar refractivity (Wildman–Crippen MR) is 72.6 cm³/mol. The summed E-state index contributed by atoms with van der Waals surface area (Å²) in [4.78, 5) is 11.4. The Kier molecular flexibility index (Phi) is 4.00. The fourth-order valence-corrected chi connectivity index (χ4v) is 3.33. The van der Waals surface area contributed by atoms with Crippen molar-refractivity contribution in [3.8, 4) is 0 Å². The number of carboxylic acids is 1. The van der Waals surface area contributed by atoms with Gasteiger partial charge in [0, 0.05) is 12.6 Å². The normalized spacial score (nSPS) is 23.2. The highest BCUT2D eigenvalue weighted by atomic mass is 16.4. The summed E-state index contributed by atoms with van der Waals surface area (Å²) in [5.74, 6) is -0.644. The minimum Gasteiger partial charge on any atom is -0.481 e. The molecular formula is C15H27NO2. The molecule has 2 fully saturated rings. The van der Waals surface area contributed by atoms with Crippen LogP contribution in [0, 0.1) is 10.8 Å². The number of hydrogen-bond acceptors (Lipinski definition) is 2. The number of aliphatic carboxylic acids is 1. The maximum atomic E-state index is 11.4. The van der Waals surface area contributed by atoms with E-state index in [0.29, 0.717) is 25.4 Å². The summed E-state index contributed by atoms with van der Waals surface area (Å²) in [6, 6.07) is 0.549. The Balaban J connectivity index is 1.81. The van der Waals surface area contributed by atoms with Gasteiger partial charge in [0.05, 0.1) is 5.41 Å². The van der Waals surface area contributed by atoms with Crippen molar-refractivity contribution in [2.24, 2.45) is 10.8 Å². The third-order valence-corrected chi connectivity index (χ3v) is 5.54. The molecule has 3 nitrogen and oxygen atoms in total. The molecule has 0 aromatic heterocycles. The summed E-state index contributed by atoms with van der Waals surface area (Å²) in [6.07, 6.45) is 9.47. The van der Waals surface area contributed by atoms with Gasteiger partial charge in [-0.2, -0.15) is 0 Å². The number of carboxylic acid groups (broad SMARTS) is 1. The Bertz CT molecular complexity index is 296. The minimum absolute atomic E-state index is 0.549. The molecule has 0 aromatic carbocycles. The van der Waals surface area contributed by atoms with Gasteiger partial charge in [-0.25, -0.2) is 0 Å². The van der Waals surface area contributed by atoms with E-state index in [2.05, 4.69) is 5.32 Å². The van der Waals surface area contributed by atoms with Crippen molar-refractivity contribution in [1.29, 1.82) is 0 Å². The number of carbonyl (C=O) groups is 1. The van der Waals surface area contributed by atoms with Crippen molar-refractivity contribution < 1.29 is 9.90 Å². The van der Waals surface area contributed by atoms with Crippen LogP contribution in [0.15, 0.2) is 0 Å². The first-order valence-electron chi connectivity index (χ1n) is 7.53. The quantitative estimate of drug-likeness (QED) is 0.764. The topological polar surface area (TPSA) is 49.3 Å². The van der Waals surface area contributed by atoms with Crippen molar-refractivity contribution in [2.75, 3.05) is 6.54 Å². The van der Waals surface area contributed by atoms with Gasteiger partial charge in [-0.05, 0) is 56.8 Å². The molecule has 0 atom stereocenters. The Morgan fingerprint density at radius 3 is 2.17 bits per heavy atom. The molecule has 2 rings (SSSR count). The summed E-state index contributed by atoms with van der Waals surface area (Å²) < 4.78 is 0. The Morgan fingerprint density at radius 1 is 1.22 bits per heavy atom. The second-order valence-electron chi connectivity index (χ2n) is 6.45. The molecule has 1 spiro atoms. The third-order valence-electron chi connectivity index (χ3n) is 5.54. The highest BCUT2D eigenvalue weighted by Gasteiger charge is 2.45. The molecule has 2 N–H and O–H groups in total. The first-order chi connectivity index (χ1) is 8.56. The minimum atomic E-state index is -0.644. The molecule has 3 heteroatoms. The Morgan fingerprint density at radius 2 is 1.78 bits per heavy atom.